The van der Waals surface area contributed by atoms with Crippen LogP contribution >= 0.6 is 21.5 Å². The molecule has 1 atom stereocenters. The summed E-state index contributed by atoms with van der Waals surface area (Å²) < 4.78 is 8.73. The highest BCUT2D eigenvalue weighted by Gasteiger charge is 2.27. The van der Waals surface area contributed by atoms with Gasteiger partial charge in [0, 0.05) is 12.5 Å². The van der Waals surface area contributed by atoms with Gasteiger partial charge < -0.3 is 20.1 Å². The van der Waals surface area contributed by atoms with E-state index in [0.29, 0.717) is 18.4 Å². The van der Waals surface area contributed by atoms with Gasteiger partial charge in [-0.3, -0.25) is 9.59 Å². The maximum atomic E-state index is 10.9. The molecule has 0 heterocycles. The first kappa shape index (κ1) is 34.5. The average Bonchev–Trinajstić information content (AvgIpc) is 3.64. The molecule has 0 spiro atoms. The number of esters is 2. The summed E-state index contributed by atoms with van der Waals surface area (Å²) in [6.07, 6.45) is 5.09. The van der Waals surface area contributed by atoms with Gasteiger partial charge in [0.15, 0.2) is 0 Å². The SMILES string of the molecule is CCN(CC)CC.CCOC(=O)C(=O)CC1CC1.CCOC(=O)C(=O)Cl.NC1CC1.P. The Hall–Kier alpha value is -1.08. The molecule has 2 aliphatic rings. The molecule has 184 valence electrons. The van der Waals surface area contributed by atoms with Crippen molar-refractivity contribution in [1.82, 2.24) is 4.90 Å². The smallest absolute Gasteiger partial charge is 0.391 e. The van der Waals surface area contributed by atoms with Crippen LogP contribution < -0.4 is 5.73 Å². The summed E-state index contributed by atoms with van der Waals surface area (Å²) in [6, 6.07) is 0.583. The van der Waals surface area contributed by atoms with Crippen molar-refractivity contribution in [2.24, 2.45) is 11.7 Å². The van der Waals surface area contributed by atoms with Gasteiger partial charge in [-0.1, -0.05) is 20.8 Å². The molecule has 8 nitrogen and oxygen atoms in total. The van der Waals surface area contributed by atoms with Gasteiger partial charge in [-0.15, -0.1) is 0 Å². The number of Topliss-reactive ketones (excluding diaryl/α,β-unsaturated/α-hetero) is 1. The third-order valence-electron chi connectivity index (χ3n) is 4.07. The Labute approximate surface area is 195 Å². The highest BCUT2D eigenvalue weighted by atomic mass is 35.5. The molecule has 0 saturated heterocycles. The molecule has 0 aliphatic heterocycles. The Bertz CT molecular complexity index is 505. The lowest BCUT2D eigenvalue weighted by atomic mass is 10.2. The van der Waals surface area contributed by atoms with Crippen LogP contribution in [-0.2, 0) is 28.7 Å². The Morgan fingerprint density at radius 2 is 1.23 bits per heavy atom. The molecular formula is C21H42ClN2O6P. The van der Waals surface area contributed by atoms with E-state index in [9.17, 15) is 19.2 Å². The number of carbonyl (C=O) groups excluding carboxylic acids is 4. The first-order valence-electron chi connectivity index (χ1n) is 10.7. The number of ether oxygens (including phenoxy) is 2. The van der Waals surface area contributed by atoms with E-state index in [4.69, 9.17) is 17.3 Å². The van der Waals surface area contributed by atoms with Gasteiger partial charge in [0.05, 0.1) is 13.2 Å². The predicted octanol–water partition coefficient (Wildman–Crippen LogP) is 2.75. The average molecular weight is 485 g/mol. The zero-order valence-corrected chi connectivity index (χ0v) is 22.0. The molecule has 2 rings (SSSR count). The van der Waals surface area contributed by atoms with Gasteiger partial charge in [-0.2, -0.15) is 9.90 Å². The first-order chi connectivity index (χ1) is 14.2. The number of hydrogen-bond donors (Lipinski definition) is 1. The van der Waals surface area contributed by atoms with Crippen molar-refractivity contribution in [2.75, 3.05) is 32.8 Å². The van der Waals surface area contributed by atoms with Crippen molar-refractivity contribution < 1.29 is 28.7 Å². The largest absolute Gasteiger partial charge is 0.460 e. The summed E-state index contributed by atoms with van der Waals surface area (Å²) >= 11 is 4.69. The standard InChI is InChI=1S/C8H12O3.C6H15N.C4H5ClO3.C3H7N.H3P/c1-2-11-8(10)7(9)5-6-3-4-6;1-4-7(5-2)6-3;1-2-8-4(7)3(5)6;4-3-1-2-3;/h6H,2-5H2,1H3;4-6H2,1-3H3;2H2,1H3;3H,1-2,4H2;1H3. The fourth-order valence-corrected chi connectivity index (χ4v) is 1.89. The summed E-state index contributed by atoms with van der Waals surface area (Å²) in [5, 5.41) is -1.08. The van der Waals surface area contributed by atoms with Crippen LogP contribution in [0.15, 0.2) is 0 Å². The summed E-state index contributed by atoms with van der Waals surface area (Å²) in [7, 11) is 0. The van der Waals surface area contributed by atoms with Crippen molar-refractivity contribution in [1.29, 1.82) is 0 Å². The topological polar surface area (TPSA) is 116 Å². The van der Waals surface area contributed by atoms with Gasteiger partial charge in [0.2, 0.25) is 5.78 Å². The minimum atomic E-state index is -1.08. The molecule has 2 N–H and O–H groups in total. The monoisotopic (exact) mass is 484 g/mol. The highest BCUT2D eigenvalue weighted by molar-refractivity contribution is 6.92. The maximum absolute atomic E-state index is 10.9. The predicted molar refractivity (Wildman–Crippen MR) is 128 cm³/mol. The molecule has 0 aromatic carbocycles. The molecular weight excluding hydrogens is 443 g/mol. The highest BCUT2D eigenvalue weighted by Crippen LogP contribution is 2.32. The molecule has 2 fully saturated rings. The molecule has 0 amide bonds. The number of hydrogen-bond acceptors (Lipinski definition) is 8. The number of carbonyl (C=O) groups is 4. The van der Waals surface area contributed by atoms with Crippen LogP contribution in [0.3, 0.4) is 0 Å². The lowest BCUT2D eigenvalue weighted by Gasteiger charge is -2.13. The third kappa shape index (κ3) is 25.1. The second-order valence-corrected chi connectivity index (χ2v) is 7.09. The number of rotatable bonds is 9. The van der Waals surface area contributed by atoms with Gasteiger partial charge >= 0.3 is 17.2 Å². The Morgan fingerprint density at radius 3 is 1.42 bits per heavy atom. The van der Waals surface area contributed by atoms with Gasteiger partial charge in [0.1, 0.15) is 0 Å². The fourth-order valence-electron chi connectivity index (χ4n) is 1.83. The van der Waals surface area contributed by atoms with Crippen LogP contribution in [0.2, 0.25) is 0 Å². The summed E-state index contributed by atoms with van der Waals surface area (Å²) in [5.41, 5.74) is 5.22. The van der Waals surface area contributed by atoms with E-state index in [-0.39, 0.29) is 28.9 Å². The summed E-state index contributed by atoms with van der Waals surface area (Å²) in [6.45, 7) is 13.9. The quantitative estimate of drug-likeness (QED) is 0.230. The number of ketones is 1. The molecule has 10 heteroatoms. The van der Waals surface area contributed by atoms with E-state index in [1.807, 2.05) is 0 Å². The molecule has 2 saturated carbocycles. The second kappa shape index (κ2) is 22.1. The van der Waals surface area contributed by atoms with E-state index >= 15 is 0 Å². The van der Waals surface area contributed by atoms with E-state index in [1.54, 1.807) is 13.8 Å². The minimum Gasteiger partial charge on any atom is -0.460 e. The van der Waals surface area contributed by atoms with E-state index < -0.39 is 17.2 Å². The van der Waals surface area contributed by atoms with Gasteiger partial charge in [-0.05, 0) is 76.7 Å². The third-order valence-corrected chi connectivity index (χ3v) is 4.23. The Balaban J connectivity index is -0.000000351. The molecule has 0 aromatic heterocycles. The van der Waals surface area contributed by atoms with E-state index in [1.165, 1.54) is 32.5 Å². The number of nitrogens with zero attached hydrogens (tertiary/aromatic N) is 1. The maximum Gasteiger partial charge on any atom is 0.391 e. The molecule has 0 radical (unpaired) electrons. The van der Waals surface area contributed by atoms with Gasteiger partial charge in [-0.25, -0.2) is 9.59 Å². The normalized spacial score (nSPS) is 13.5. The van der Waals surface area contributed by atoms with Crippen LogP contribution in [0.5, 0.6) is 0 Å². The van der Waals surface area contributed by atoms with Crippen LogP contribution in [0.1, 0.15) is 66.7 Å². The van der Waals surface area contributed by atoms with Crippen LogP contribution in [-0.4, -0.2) is 66.8 Å². The van der Waals surface area contributed by atoms with Crippen LogP contribution in [0.25, 0.3) is 0 Å². The number of halogens is 1. The zero-order chi connectivity index (χ0) is 23.5. The fraction of sp³-hybridized carbons (Fsp3) is 0.810. The second-order valence-electron chi connectivity index (χ2n) is 6.74. The lowest BCUT2D eigenvalue weighted by molar-refractivity contribution is -0.153. The first-order valence-corrected chi connectivity index (χ1v) is 11.1. The molecule has 0 bridgehead atoms. The van der Waals surface area contributed by atoms with Crippen molar-refractivity contribution in [3.05, 3.63) is 0 Å². The lowest BCUT2D eigenvalue weighted by Crippen LogP contribution is -2.21. The van der Waals surface area contributed by atoms with Crippen LogP contribution in [0, 0.1) is 5.92 Å². The van der Waals surface area contributed by atoms with E-state index in [2.05, 4.69) is 35.1 Å². The zero-order valence-electron chi connectivity index (χ0n) is 19.8. The molecule has 0 aromatic rings. The van der Waals surface area contributed by atoms with Crippen molar-refractivity contribution in [3.63, 3.8) is 0 Å². The summed E-state index contributed by atoms with van der Waals surface area (Å²) in [5.74, 6) is -1.56. The van der Waals surface area contributed by atoms with Crippen LogP contribution in [0.4, 0.5) is 0 Å². The minimum absolute atomic E-state index is 0. The number of nitrogens with two attached hydrogens (primary N) is 1. The summed E-state index contributed by atoms with van der Waals surface area (Å²) in [4.78, 5) is 43.9. The molecule has 31 heavy (non-hydrogen) atoms. The molecule has 1 unspecified atom stereocenters. The van der Waals surface area contributed by atoms with Gasteiger partial charge in [0.25, 0.3) is 0 Å². The van der Waals surface area contributed by atoms with E-state index in [0.717, 1.165) is 12.8 Å². The van der Waals surface area contributed by atoms with Crippen molar-refractivity contribution >= 4 is 44.5 Å². The van der Waals surface area contributed by atoms with Crippen molar-refractivity contribution in [3.8, 4) is 0 Å². The molecule has 2 aliphatic carbocycles. The Kier molecular flexibility index (Phi) is 24.6. The Morgan fingerprint density at radius 1 is 0.839 bits per heavy atom. The van der Waals surface area contributed by atoms with Crippen molar-refractivity contribution in [2.45, 2.75) is 72.8 Å².